The molecule has 0 aliphatic rings. The molecule has 0 fully saturated rings. The number of nitrogens with one attached hydrogen (secondary N) is 1. The minimum absolute atomic E-state index is 0.0939. The second-order valence-electron chi connectivity index (χ2n) is 5.87. The Labute approximate surface area is 154 Å². The Kier molecular flexibility index (Phi) is 6.03. The first-order valence-corrected chi connectivity index (χ1v) is 7.79. The van der Waals surface area contributed by atoms with Gasteiger partial charge in [-0.3, -0.25) is 4.79 Å². The lowest BCUT2D eigenvalue weighted by Gasteiger charge is -2.16. The number of aromatic nitrogens is 3. The zero-order valence-corrected chi connectivity index (χ0v) is 15.2. The third-order valence-corrected chi connectivity index (χ3v) is 3.22. The summed E-state index contributed by atoms with van der Waals surface area (Å²) in [5, 5.41) is 2.50. The van der Waals surface area contributed by atoms with Gasteiger partial charge in [-0.25, -0.2) is 0 Å². The van der Waals surface area contributed by atoms with Crippen LogP contribution in [0.3, 0.4) is 0 Å². The van der Waals surface area contributed by atoms with Crippen molar-refractivity contribution in [2.75, 3.05) is 38.0 Å². The number of hydrogen-bond acceptors (Lipinski definition) is 7. The van der Waals surface area contributed by atoms with Gasteiger partial charge in [-0.05, 0) is 12.1 Å². The molecule has 1 amide bonds. The van der Waals surface area contributed by atoms with Crippen molar-refractivity contribution < 1.29 is 22.7 Å². The third kappa shape index (κ3) is 5.69. The standard InChI is InChI=1S/C16H19F3N6O2/c1-24(2)14-21-12(22-15(23-14)25(3)4)9-20-13(26)10-7-5-6-8-11(10)27-16(17,18)19/h5-8H,9H2,1-4H3,(H,20,26). The Morgan fingerprint density at radius 2 is 1.59 bits per heavy atom. The molecule has 2 aromatic rings. The number of carbonyl (C=O) groups is 1. The van der Waals surface area contributed by atoms with Gasteiger partial charge in [-0.2, -0.15) is 15.0 Å². The zero-order chi connectivity index (χ0) is 20.2. The lowest BCUT2D eigenvalue weighted by Crippen LogP contribution is -2.27. The molecule has 1 heterocycles. The highest BCUT2D eigenvalue weighted by Gasteiger charge is 2.32. The summed E-state index contributed by atoms with van der Waals surface area (Å²) in [5.74, 6) is -0.286. The van der Waals surface area contributed by atoms with Crippen LogP contribution in [-0.4, -0.2) is 55.4 Å². The second-order valence-corrected chi connectivity index (χ2v) is 5.87. The summed E-state index contributed by atoms with van der Waals surface area (Å²) in [6.45, 7) is -0.0939. The average Bonchev–Trinajstić information content (AvgIpc) is 2.58. The van der Waals surface area contributed by atoms with Gasteiger partial charge in [-0.15, -0.1) is 13.2 Å². The molecule has 8 nitrogen and oxygen atoms in total. The van der Waals surface area contributed by atoms with Crippen LogP contribution in [0.1, 0.15) is 16.2 Å². The van der Waals surface area contributed by atoms with Gasteiger partial charge in [0.15, 0.2) is 5.82 Å². The molecule has 0 unspecified atom stereocenters. The normalized spacial score (nSPS) is 11.1. The Hall–Kier alpha value is -3.11. The van der Waals surface area contributed by atoms with Gasteiger partial charge in [0.2, 0.25) is 11.9 Å². The predicted molar refractivity (Wildman–Crippen MR) is 92.8 cm³/mol. The fourth-order valence-corrected chi connectivity index (χ4v) is 2.00. The number of para-hydroxylation sites is 1. The summed E-state index contributed by atoms with van der Waals surface area (Å²) in [4.78, 5) is 28.3. The van der Waals surface area contributed by atoms with Gasteiger partial charge in [0, 0.05) is 28.2 Å². The Morgan fingerprint density at radius 1 is 1.04 bits per heavy atom. The largest absolute Gasteiger partial charge is 0.573 e. The number of alkyl halides is 3. The smallest absolute Gasteiger partial charge is 0.405 e. The number of carbonyl (C=O) groups excluding carboxylic acids is 1. The molecule has 1 N–H and O–H groups in total. The van der Waals surface area contributed by atoms with E-state index in [1.807, 2.05) is 0 Å². The van der Waals surface area contributed by atoms with Crippen molar-refractivity contribution in [3.8, 4) is 5.75 Å². The lowest BCUT2D eigenvalue weighted by molar-refractivity contribution is -0.274. The van der Waals surface area contributed by atoms with Crippen molar-refractivity contribution in [1.82, 2.24) is 20.3 Å². The quantitative estimate of drug-likeness (QED) is 0.814. The molecule has 2 rings (SSSR count). The van der Waals surface area contributed by atoms with Crippen LogP contribution in [0.15, 0.2) is 24.3 Å². The maximum atomic E-state index is 12.5. The monoisotopic (exact) mass is 384 g/mol. The van der Waals surface area contributed by atoms with E-state index in [4.69, 9.17) is 0 Å². The fourth-order valence-electron chi connectivity index (χ4n) is 2.00. The van der Waals surface area contributed by atoms with Gasteiger partial charge in [0.05, 0.1) is 12.1 Å². The highest BCUT2D eigenvalue weighted by molar-refractivity contribution is 5.96. The van der Waals surface area contributed by atoms with Crippen LogP contribution in [0.5, 0.6) is 5.75 Å². The first kappa shape index (κ1) is 20.2. The number of hydrogen-bond donors (Lipinski definition) is 1. The highest BCUT2D eigenvalue weighted by atomic mass is 19.4. The summed E-state index contributed by atoms with van der Waals surface area (Å²) in [7, 11) is 7.01. The molecule has 27 heavy (non-hydrogen) atoms. The molecule has 0 aliphatic heterocycles. The maximum Gasteiger partial charge on any atom is 0.573 e. The molecule has 0 radical (unpaired) electrons. The van der Waals surface area contributed by atoms with E-state index in [0.29, 0.717) is 11.9 Å². The van der Waals surface area contributed by atoms with E-state index in [-0.39, 0.29) is 17.9 Å². The summed E-state index contributed by atoms with van der Waals surface area (Å²) in [6.07, 6.45) is -4.90. The van der Waals surface area contributed by atoms with Crippen LogP contribution >= 0.6 is 0 Å². The molecule has 0 saturated heterocycles. The van der Waals surface area contributed by atoms with Crippen LogP contribution in [-0.2, 0) is 6.54 Å². The molecule has 146 valence electrons. The van der Waals surface area contributed by atoms with Gasteiger partial charge < -0.3 is 19.9 Å². The number of anilines is 2. The van der Waals surface area contributed by atoms with Crippen LogP contribution in [0.2, 0.25) is 0 Å². The number of ether oxygens (including phenoxy) is 1. The van der Waals surface area contributed by atoms with Crippen molar-refractivity contribution >= 4 is 17.8 Å². The van der Waals surface area contributed by atoms with E-state index in [2.05, 4.69) is 25.0 Å². The van der Waals surface area contributed by atoms with Crippen LogP contribution in [0.4, 0.5) is 25.1 Å². The minimum atomic E-state index is -4.90. The maximum absolute atomic E-state index is 12.5. The molecule has 0 saturated carbocycles. The lowest BCUT2D eigenvalue weighted by atomic mass is 10.2. The molecular formula is C16H19F3N6O2. The number of nitrogens with zero attached hydrogens (tertiary/aromatic N) is 5. The van der Waals surface area contributed by atoms with Gasteiger partial charge >= 0.3 is 6.36 Å². The average molecular weight is 384 g/mol. The van der Waals surface area contributed by atoms with E-state index in [1.54, 1.807) is 38.0 Å². The first-order chi connectivity index (χ1) is 12.6. The SMILES string of the molecule is CN(C)c1nc(CNC(=O)c2ccccc2OC(F)(F)F)nc(N(C)C)n1. The second kappa shape index (κ2) is 8.06. The van der Waals surface area contributed by atoms with E-state index in [0.717, 1.165) is 6.07 Å². The number of rotatable bonds is 6. The summed E-state index contributed by atoms with van der Waals surface area (Å²) >= 11 is 0. The highest BCUT2D eigenvalue weighted by Crippen LogP contribution is 2.26. The van der Waals surface area contributed by atoms with Crippen molar-refractivity contribution in [3.63, 3.8) is 0 Å². The van der Waals surface area contributed by atoms with Crippen molar-refractivity contribution in [2.45, 2.75) is 12.9 Å². The van der Waals surface area contributed by atoms with E-state index in [1.165, 1.54) is 18.2 Å². The molecule has 0 aliphatic carbocycles. The fraction of sp³-hybridized carbons (Fsp3) is 0.375. The topological polar surface area (TPSA) is 83.5 Å². The summed E-state index contributed by atoms with van der Waals surface area (Å²) in [6, 6.07) is 5.09. The molecular weight excluding hydrogens is 365 g/mol. The van der Waals surface area contributed by atoms with Crippen LogP contribution in [0, 0.1) is 0 Å². The molecule has 11 heteroatoms. The van der Waals surface area contributed by atoms with Crippen LogP contribution in [0.25, 0.3) is 0 Å². The number of benzene rings is 1. The molecule has 0 bridgehead atoms. The number of halogens is 3. The minimum Gasteiger partial charge on any atom is -0.405 e. The van der Waals surface area contributed by atoms with Crippen molar-refractivity contribution in [2.24, 2.45) is 0 Å². The summed E-state index contributed by atoms with van der Waals surface area (Å²) < 4.78 is 41.3. The zero-order valence-electron chi connectivity index (χ0n) is 15.2. The van der Waals surface area contributed by atoms with Crippen LogP contribution < -0.4 is 19.9 Å². The molecule has 0 spiro atoms. The third-order valence-electron chi connectivity index (χ3n) is 3.22. The molecule has 1 aromatic heterocycles. The predicted octanol–water partition coefficient (Wildman–Crippen LogP) is 1.83. The van der Waals surface area contributed by atoms with Gasteiger partial charge in [0.25, 0.3) is 5.91 Å². The van der Waals surface area contributed by atoms with E-state index in [9.17, 15) is 18.0 Å². The molecule has 0 atom stereocenters. The van der Waals surface area contributed by atoms with Crippen molar-refractivity contribution in [3.05, 3.63) is 35.7 Å². The van der Waals surface area contributed by atoms with Gasteiger partial charge in [0.1, 0.15) is 5.75 Å². The Balaban J connectivity index is 2.19. The summed E-state index contributed by atoms with van der Waals surface area (Å²) in [5.41, 5.74) is -0.246. The number of amides is 1. The van der Waals surface area contributed by atoms with Crippen molar-refractivity contribution in [1.29, 1.82) is 0 Å². The Morgan fingerprint density at radius 3 is 2.11 bits per heavy atom. The van der Waals surface area contributed by atoms with E-state index < -0.39 is 18.0 Å². The Bertz CT molecular complexity index is 785. The van der Waals surface area contributed by atoms with Gasteiger partial charge in [-0.1, -0.05) is 12.1 Å². The molecule has 1 aromatic carbocycles. The van der Waals surface area contributed by atoms with E-state index >= 15 is 0 Å². The first-order valence-electron chi connectivity index (χ1n) is 7.79.